The highest BCUT2D eigenvalue weighted by Crippen LogP contribution is 2.15. The molecule has 0 aliphatic rings. The van der Waals surface area contributed by atoms with Crippen LogP contribution in [0.15, 0.2) is 42.0 Å². The smallest absolute Gasteiger partial charge is 0.239 e. The van der Waals surface area contributed by atoms with Gasteiger partial charge in [0.05, 0.1) is 5.69 Å². The average Bonchev–Trinajstić information content (AvgIpc) is 2.29. The van der Waals surface area contributed by atoms with Crippen LogP contribution in [0.3, 0.4) is 0 Å². The summed E-state index contributed by atoms with van der Waals surface area (Å²) in [5.41, 5.74) is 1.59. The van der Waals surface area contributed by atoms with Crippen molar-refractivity contribution < 1.29 is 8.42 Å². The lowest BCUT2D eigenvalue weighted by atomic mass is 10.1. The van der Waals surface area contributed by atoms with Crippen LogP contribution >= 0.6 is 0 Å². The highest BCUT2D eigenvalue weighted by Gasteiger charge is 2.08. The number of allylic oxidation sites excluding steroid dienone is 3. The summed E-state index contributed by atoms with van der Waals surface area (Å²) < 4.78 is 22.1. The normalized spacial score (nSPS) is 12.5. The van der Waals surface area contributed by atoms with Crippen molar-refractivity contribution in [3.05, 3.63) is 42.8 Å². The molecular formula is C12H16N2O2S. The Hall–Kier alpha value is -1.46. The van der Waals surface area contributed by atoms with Gasteiger partial charge in [-0.1, -0.05) is 32.1 Å². The zero-order valence-corrected chi connectivity index (χ0v) is 10.6. The van der Waals surface area contributed by atoms with Crippen molar-refractivity contribution >= 4 is 15.6 Å². The molecule has 0 aliphatic carbocycles. The molecule has 1 heterocycles. The van der Waals surface area contributed by atoms with Gasteiger partial charge in [-0.2, -0.15) is 0 Å². The van der Waals surface area contributed by atoms with Crippen molar-refractivity contribution in [2.45, 2.75) is 24.7 Å². The van der Waals surface area contributed by atoms with Crippen molar-refractivity contribution in [1.82, 2.24) is 4.98 Å². The molecule has 0 aromatic carbocycles. The minimum absolute atomic E-state index is 0.0140. The summed E-state index contributed by atoms with van der Waals surface area (Å²) in [6.45, 7) is 5.79. The number of sulfonamides is 1. The van der Waals surface area contributed by atoms with Gasteiger partial charge in [-0.05, 0) is 24.1 Å². The molecule has 17 heavy (non-hydrogen) atoms. The van der Waals surface area contributed by atoms with E-state index in [-0.39, 0.29) is 4.90 Å². The van der Waals surface area contributed by atoms with E-state index in [1.807, 2.05) is 6.08 Å². The first-order valence-electron chi connectivity index (χ1n) is 5.31. The Morgan fingerprint density at radius 3 is 2.65 bits per heavy atom. The van der Waals surface area contributed by atoms with Crippen LogP contribution in [0.1, 0.15) is 25.5 Å². The predicted molar refractivity (Wildman–Crippen MR) is 68.7 cm³/mol. The number of rotatable bonds is 5. The Labute approximate surface area is 102 Å². The second kappa shape index (κ2) is 5.75. The van der Waals surface area contributed by atoms with Crippen molar-refractivity contribution in [3.63, 3.8) is 0 Å². The highest BCUT2D eigenvalue weighted by atomic mass is 32.2. The highest BCUT2D eigenvalue weighted by molar-refractivity contribution is 7.89. The maximum atomic E-state index is 11.1. The van der Waals surface area contributed by atoms with Crippen LogP contribution < -0.4 is 5.14 Å². The zero-order valence-electron chi connectivity index (χ0n) is 9.76. The summed E-state index contributed by atoms with van der Waals surface area (Å²) >= 11 is 0. The number of hydrogen-bond donors (Lipinski definition) is 1. The quantitative estimate of drug-likeness (QED) is 0.815. The third-order valence-electron chi connectivity index (χ3n) is 2.23. The number of hydrogen-bond acceptors (Lipinski definition) is 3. The lowest BCUT2D eigenvalue weighted by Crippen LogP contribution is -2.12. The van der Waals surface area contributed by atoms with E-state index in [2.05, 4.69) is 18.5 Å². The standard InChI is InChI=1S/C12H16N2O2S/c1-3-5-6-10(4-2)12-8-7-11(9-14-12)17(13,15)16/h4,6-9H,2-3,5H2,1H3,(H2,13,15,16). The molecular weight excluding hydrogens is 236 g/mol. The Kier molecular flexibility index (Phi) is 4.60. The minimum atomic E-state index is -3.68. The first-order chi connectivity index (χ1) is 7.99. The molecule has 5 heteroatoms. The van der Waals surface area contributed by atoms with Gasteiger partial charge < -0.3 is 0 Å². The van der Waals surface area contributed by atoms with Gasteiger partial charge in [0, 0.05) is 6.20 Å². The number of pyridine rings is 1. The molecule has 92 valence electrons. The molecule has 1 rings (SSSR count). The summed E-state index contributed by atoms with van der Waals surface area (Å²) in [7, 11) is -3.68. The summed E-state index contributed by atoms with van der Waals surface area (Å²) in [5, 5.41) is 4.99. The minimum Gasteiger partial charge on any atom is -0.255 e. The molecule has 1 aromatic heterocycles. The van der Waals surface area contributed by atoms with Gasteiger partial charge in [-0.25, -0.2) is 13.6 Å². The van der Waals surface area contributed by atoms with Crippen LogP contribution in [0.5, 0.6) is 0 Å². The second-order valence-electron chi connectivity index (χ2n) is 3.58. The van der Waals surface area contributed by atoms with Crippen molar-refractivity contribution in [2.24, 2.45) is 5.14 Å². The van der Waals surface area contributed by atoms with E-state index in [0.717, 1.165) is 18.4 Å². The van der Waals surface area contributed by atoms with Crippen LogP contribution in [-0.4, -0.2) is 13.4 Å². The molecule has 4 nitrogen and oxygen atoms in total. The zero-order chi connectivity index (χ0) is 12.9. The lowest BCUT2D eigenvalue weighted by molar-refractivity contribution is 0.597. The van der Waals surface area contributed by atoms with Gasteiger partial charge in [-0.3, -0.25) is 4.98 Å². The Balaban J connectivity index is 3.05. The monoisotopic (exact) mass is 252 g/mol. The summed E-state index contributed by atoms with van der Waals surface area (Å²) in [6, 6.07) is 3.07. The first kappa shape index (κ1) is 13.6. The van der Waals surface area contributed by atoms with E-state index in [1.54, 1.807) is 12.1 Å². The van der Waals surface area contributed by atoms with Gasteiger partial charge in [-0.15, -0.1) is 0 Å². The molecule has 1 aromatic rings. The molecule has 0 bridgehead atoms. The van der Waals surface area contributed by atoms with Gasteiger partial charge in [0.25, 0.3) is 0 Å². The number of primary sulfonamides is 1. The Bertz CT molecular complexity index is 516. The Morgan fingerprint density at radius 1 is 1.53 bits per heavy atom. The molecule has 0 atom stereocenters. The third-order valence-corrected chi connectivity index (χ3v) is 3.13. The van der Waals surface area contributed by atoms with E-state index >= 15 is 0 Å². The number of unbranched alkanes of at least 4 members (excludes halogenated alkanes) is 1. The summed E-state index contributed by atoms with van der Waals surface area (Å²) in [6.07, 6.45) is 6.95. The van der Waals surface area contributed by atoms with Crippen LogP contribution in [-0.2, 0) is 10.0 Å². The van der Waals surface area contributed by atoms with E-state index in [0.29, 0.717) is 5.69 Å². The van der Waals surface area contributed by atoms with E-state index < -0.39 is 10.0 Å². The molecule has 0 amide bonds. The van der Waals surface area contributed by atoms with E-state index in [4.69, 9.17) is 5.14 Å². The van der Waals surface area contributed by atoms with Gasteiger partial charge in [0.1, 0.15) is 4.90 Å². The fraction of sp³-hybridized carbons (Fsp3) is 0.250. The molecule has 0 aliphatic heterocycles. The number of nitrogens with zero attached hydrogens (tertiary/aromatic N) is 1. The molecule has 0 radical (unpaired) electrons. The molecule has 0 spiro atoms. The third kappa shape index (κ3) is 3.80. The van der Waals surface area contributed by atoms with Gasteiger partial charge in [0.2, 0.25) is 10.0 Å². The predicted octanol–water partition coefficient (Wildman–Crippen LogP) is 2.10. The summed E-state index contributed by atoms with van der Waals surface area (Å²) in [5.74, 6) is 0. The maximum absolute atomic E-state index is 11.1. The van der Waals surface area contributed by atoms with Gasteiger partial charge >= 0.3 is 0 Å². The van der Waals surface area contributed by atoms with E-state index in [1.165, 1.54) is 12.3 Å². The lowest BCUT2D eigenvalue weighted by Gasteiger charge is -2.03. The van der Waals surface area contributed by atoms with Crippen molar-refractivity contribution in [3.8, 4) is 0 Å². The van der Waals surface area contributed by atoms with Crippen molar-refractivity contribution in [1.29, 1.82) is 0 Å². The van der Waals surface area contributed by atoms with Crippen LogP contribution in [0.4, 0.5) is 0 Å². The largest absolute Gasteiger partial charge is 0.255 e. The maximum Gasteiger partial charge on any atom is 0.239 e. The fourth-order valence-electron chi connectivity index (χ4n) is 1.31. The molecule has 0 saturated heterocycles. The first-order valence-corrected chi connectivity index (χ1v) is 6.85. The average molecular weight is 252 g/mol. The van der Waals surface area contributed by atoms with Crippen molar-refractivity contribution in [2.75, 3.05) is 0 Å². The topological polar surface area (TPSA) is 73.1 Å². The van der Waals surface area contributed by atoms with Crippen LogP contribution in [0.25, 0.3) is 5.57 Å². The van der Waals surface area contributed by atoms with Crippen LogP contribution in [0, 0.1) is 0 Å². The Morgan fingerprint density at radius 2 is 2.24 bits per heavy atom. The van der Waals surface area contributed by atoms with Gasteiger partial charge in [0.15, 0.2) is 0 Å². The molecule has 0 fully saturated rings. The fourth-order valence-corrected chi connectivity index (χ4v) is 1.77. The van der Waals surface area contributed by atoms with E-state index in [9.17, 15) is 8.42 Å². The van der Waals surface area contributed by atoms with Crippen LogP contribution in [0.2, 0.25) is 0 Å². The number of nitrogens with two attached hydrogens (primary N) is 1. The summed E-state index contributed by atoms with van der Waals surface area (Å²) in [4.78, 5) is 4.08. The molecule has 0 unspecified atom stereocenters. The second-order valence-corrected chi connectivity index (χ2v) is 5.14. The SMILES string of the molecule is C=CC(=CCCC)c1ccc(S(N)(=O)=O)cn1. The number of aromatic nitrogens is 1. The molecule has 2 N–H and O–H groups in total. The molecule has 0 saturated carbocycles.